The molecule has 2 rings (SSSR count). The van der Waals surface area contributed by atoms with Crippen LogP contribution in [-0.2, 0) is 0 Å². The molecule has 0 saturated heterocycles. The molecule has 110 valence electrons. The molecule has 1 aromatic heterocycles. The third-order valence-electron chi connectivity index (χ3n) is 2.42. The lowest BCUT2D eigenvalue weighted by molar-refractivity contribution is -0.384. The third kappa shape index (κ3) is 3.58. The van der Waals surface area contributed by atoms with Gasteiger partial charge in [0.05, 0.1) is 4.92 Å². The molecule has 0 aliphatic carbocycles. The number of hydrogen-bond acceptors (Lipinski definition) is 9. The number of nitrogens with one attached hydrogen (secondary N) is 2. The quantitative estimate of drug-likeness (QED) is 0.332. The fraction of sp³-hybridized carbons (Fsp3) is 0.182. The van der Waals surface area contributed by atoms with E-state index in [2.05, 4.69) is 25.6 Å². The number of hydrogen-bond donors (Lipinski definition) is 4. The van der Waals surface area contributed by atoms with Crippen molar-refractivity contribution in [3.63, 3.8) is 0 Å². The van der Waals surface area contributed by atoms with E-state index in [-0.39, 0.29) is 23.4 Å². The van der Waals surface area contributed by atoms with E-state index in [1.54, 1.807) is 6.07 Å². The summed E-state index contributed by atoms with van der Waals surface area (Å²) in [6.45, 7) is -0.784. The lowest BCUT2D eigenvalue weighted by Crippen LogP contribution is -2.11. The average Bonchev–Trinajstić information content (AvgIpc) is 2.48. The Labute approximate surface area is 118 Å². The van der Waals surface area contributed by atoms with Gasteiger partial charge in [-0.3, -0.25) is 10.1 Å². The number of benzene rings is 1. The summed E-state index contributed by atoms with van der Waals surface area (Å²) >= 11 is 0. The van der Waals surface area contributed by atoms with Crippen LogP contribution in [0.4, 0.5) is 17.6 Å². The van der Waals surface area contributed by atoms with Crippen molar-refractivity contribution in [1.29, 1.82) is 0 Å². The molecule has 0 radical (unpaired) electrons. The highest BCUT2D eigenvalue weighted by atomic mass is 16.6. The molecular formula is C11H12N6O4. The Morgan fingerprint density at radius 3 is 2.24 bits per heavy atom. The van der Waals surface area contributed by atoms with Gasteiger partial charge < -0.3 is 20.8 Å². The van der Waals surface area contributed by atoms with Crippen LogP contribution in [0.2, 0.25) is 0 Å². The fourth-order valence-electron chi connectivity index (χ4n) is 1.56. The Kier molecular flexibility index (Phi) is 4.53. The highest BCUT2D eigenvalue weighted by Crippen LogP contribution is 2.22. The first-order chi connectivity index (χ1) is 10.1. The van der Waals surface area contributed by atoms with Crippen LogP contribution in [0.5, 0.6) is 0 Å². The number of nitrogens with zero attached hydrogens (tertiary/aromatic N) is 4. The van der Waals surface area contributed by atoms with E-state index in [1.807, 2.05) is 0 Å². The van der Waals surface area contributed by atoms with Gasteiger partial charge in [-0.1, -0.05) is 12.1 Å². The largest absolute Gasteiger partial charge is 0.376 e. The monoisotopic (exact) mass is 292 g/mol. The van der Waals surface area contributed by atoms with Crippen molar-refractivity contribution in [3.8, 4) is 11.4 Å². The first-order valence-corrected chi connectivity index (χ1v) is 5.84. The van der Waals surface area contributed by atoms with Crippen LogP contribution in [0.25, 0.3) is 11.4 Å². The molecule has 4 N–H and O–H groups in total. The molecule has 0 bridgehead atoms. The molecule has 0 aliphatic heterocycles. The second-order valence-corrected chi connectivity index (χ2v) is 3.78. The molecule has 0 unspecified atom stereocenters. The summed E-state index contributed by atoms with van der Waals surface area (Å²) < 4.78 is 0. The summed E-state index contributed by atoms with van der Waals surface area (Å²) in [5, 5.41) is 33.5. The number of aromatic nitrogens is 3. The number of nitro groups is 1. The second kappa shape index (κ2) is 6.54. The van der Waals surface area contributed by atoms with Crippen LogP contribution < -0.4 is 10.6 Å². The van der Waals surface area contributed by atoms with Crippen molar-refractivity contribution >= 4 is 17.6 Å². The van der Waals surface area contributed by atoms with Crippen molar-refractivity contribution in [3.05, 3.63) is 34.4 Å². The fourth-order valence-corrected chi connectivity index (χ4v) is 1.56. The third-order valence-corrected chi connectivity index (χ3v) is 2.42. The summed E-state index contributed by atoms with van der Waals surface area (Å²) in [4.78, 5) is 22.2. The summed E-state index contributed by atoms with van der Waals surface area (Å²) in [6.07, 6.45) is 0. The molecule has 10 nitrogen and oxygen atoms in total. The number of aliphatic hydroxyl groups excluding tert-OH is 2. The Balaban J connectivity index is 2.46. The van der Waals surface area contributed by atoms with Crippen LogP contribution in [0.15, 0.2) is 24.3 Å². The average molecular weight is 292 g/mol. The van der Waals surface area contributed by atoms with Crippen molar-refractivity contribution in [2.24, 2.45) is 0 Å². The lowest BCUT2D eigenvalue weighted by atomic mass is 10.2. The van der Waals surface area contributed by atoms with Crippen LogP contribution >= 0.6 is 0 Å². The minimum atomic E-state index is -0.523. The van der Waals surface area contributed by atoms with Gasteiger partial charge in [0.1, 0.15) is 13.5 Å². The summed E-state index contributed by atoms with van der Waals surface area (Å²) in [6, 6.07) is 5.79. The molecule has 0 spiro atoms. The van der Waals surface area contributed by atoms with Crippen LogP contribution in [0.1, 0.15) is 0 Å². The van der Waals surface area contributed by atoms with Gasteiger partial charge in [0.25, 0.3) is 5.69 Å². The molecule has 0 fully saturated rings. The van der Waals surface area contributed by atoms with Gasteiger partial charge in [-0.2, -0.15) is 15.0 Å². The van der Waals surface area contributed by atoms with E-state index in [9.17, 15) is 10.1 Å². The topological polar surface area (TPSA) is 146 Å². The van der Waals surface area contributed by atoms with E-state index < -0.39 is 18.4 Å². The van der Waals surface area contributed by atoms with E-state index in [0.29, 0.717) is 5.56 Å². The van der Waals surface area contributed by atoms with Crippen LogP contribution in [-0.4, -0.2) is 43.5 Å². The maximum absolute atomic E-state index is 10.8. The zero-order valence-electron chi connectivity index (χ0n) is 10.7. The predicted molar refractivity (Wildman–Crippen MR) is 73.3 cm³/mol. The van der Waals surface area contributed by atoms with Gasteiger partial charge in [0.15, 0.2) is 5.82 Å². The maximum Gasteiger partial charge on any atom is 0.270 e. The van der Waals surface area contributed by atoms with E-state index in [0.717, 1.165) is 0 Å². The van der Waals surface area contributed by atoms with Crippen LogP contribution in [0.3, 0.4) is 0 Å². The van der Waals surface area contributed by atoms with Gasteiger partial charge in [0.2, 0.25) is 11.9 Å². The molecule has 1 heterocycles. The molecule has 0 amide bonds. The van der Waals surface area contributed by atoms with Crippen molar-refractivity contribution in [1.82, 2.24) is 15.0 Å². The van der Waals surface area contributed by atoms with Gasteiger partial charge in [-0.15, -0.1) is 0 Å². The molecule has 10 heteroatoms. The Morgan fingerprint density at radius 1 is 1.10 bits per heavy atom. The smallest absolute Gasteiger partial charge is 0.270 e. The van der Waals surface area contributed by atoms with E-state index in [1.165, 1.54) is 18.2 Å². The van der Waals surface area contributed by atoms with Gasteiger partial charge in [-0.05, 0) is 0 Å². The first kappa shape index (κ1) is 14.6. The number of nitro benzene ring substituents is 1. The van der Waals surface area contributed by atoms with Crippen molar-refractivity contribution < 1.29 is 15.1 Å². The second-order valence-electron chi connectivity index (χ2n) is 3.78. The minimum absolute atomic E-state index is 0.0740. The molecule has 0 aliphatic rings. The highest BCUT2D eigenvalue weighted by Gasteiger charge is 2.12. The van der Waals surface area contributed by atoms with Gasteiger partial charge in [0, 0.05) is 17.7 Å². The maximum atomic E-state index is 10.8. The first-order valence-electron chi connectivity index (χ1n) is 5.84. The number of anilines is 2. The Hall–Kier alpha value is -2.85. The molecule has 0 atom stereocenters. The van der Waals surface area contributed by atoms with Gasteiger partial charge >= 0.3 is 0 Å². The Bertz CT molecular complexity index is 626. The highest BCUT2D eigenvalue weighted by molar-refractivity contribution is 5.61. The SMILES string of the molecule is O=[N+]([O-])c1cccc(-c2nc(NCO)nc(NCO)n2)c1. The Morgan fingerprint density at radius 2 is 1.71 bits per heavy atom. The zero-order chi connectivity index (χ0) is 15.2. The molecule has 1 aromatic carbocycles. The number of non-ortho nitro benzene ring substituents is 1. The predicted octanol–water partition coefficient (Wildman–Crippen LogP) is 0.170. The standard InChI is InChI=1S/C11H12N6O4/c18-5-12-10-14-9(15-11(16-10)13-6-19)7-2-1-3-8(4-7)17(20)21/h1-4,18-19H,5-6H2,(H2,12,13,14,15,16). The van der Waals surface area contributed by atoms with Gasteiger partial charge in [-0.25, -0.2) is 0 Å². The molecule has 21 heavy (non-hydrogen) atoms. The number of rotatable bonds is 6. The normalized spacial score (nSPS) is 10.2. The van der Waals surface area contributed by atoms with Crippen molar-refractivity contribution in [2.75, 3.05) is 24.1 Å². The molecule has 2 aromatic rings. The number of aliphatic hydroxyl groups is 2. The van der Waals surface area contributed by atoms with E-state index >= 15 is 0 Å². The minimum Gasteiger partial charge on any atom is -0.376 e. The van der Waals surface area contributed by atoms with Crippen LogP contribution in [0, 0.1) is 10.1 Å². The van der Waals surface area contributed by atoms with Crippen molar-refractivity contribution in [2.45, 2.75) is 0 Å². The molecule has 0 saturated carbocycles. The van der Waals surface area contributed by atoms with E-state index in [4.69, 9.17) is 10.2 Å². The summed E-state index contributed by atoms with van der Waals surface area (Å²) in [5.41, 5.74) is 0.315. The zero-order valence-corrected chi connectivity index (χ0v) is 10.7. The lowest BCUT2D eigenvalue weighted by Gasteiger charge is -2.07. The summed E-state index contributed by atoms with van der Waals surface area (Å²) in [7, 11) is 0. The summed E-state index contributed by atoms with van der Waals surface area (Å²) in [5.74, 6) is 0.315. The molecular weight excluding hydrogens is 280 g/mol.